The van der Waals surface area contributed by atoms with E-state index in [1.165, 1.54) is 18.2 Å². The third-order valence-corrected chi connectivity index (χ3v) is 3.18. The lowest BCUT2D eigenvalue weighted by Gasteiger charge is -2.12. The van der Waals surface area contributed by atoms with Gasteiger partial charge in [0.05, 0.1) is 10.6 Å². The van der Waals surface area contributed by atoms with Crippen molar-refractivity contribution in [3.05, 3.63) is 58.4 Å². The van der Waals surface area contributed by atoms with Gasteiger partial charge in [-0.1, -0.05) is 18.5 Å². The van der Waals surface area contributed by atoms with Crippen LogP contribution in [0, 0.1) is 5.82 Å². The van der Waals surface area contributed by atoms with E-state index < -0.39 is 11.7 Å². The fraction of sp³-hybridized carbons (Fsp3) is 0.200. The molecular weight excluding hydrogens is 308 g/mol. The maximum atomic E-state index is 13.4. The van der Waals surface area contributed by atoms with Crippen LogP contribution in [0.15, 0.2) is 36.4 Å². The van der Waals surface area contributed by atoms with E-state index in [1.807, 2.05) is 0 Å². The van der Waals surface area contributed by atoms with Crippen molar-refractivity contribution in [2.24, 2.45) is 0 Å². The molecule has 2 aromatic carbocycles. The molecule has 0 unspecified atom stereocenters. The van der Waals surface area contributed by atoms with Gasteiger partial charge in [0.25, 0.3) is 0 Å². The molecular formula is C15H11ClF4O. The minimum absolute atomic E-state index is 0.0818. The monoisotopic (exact) mass is 318 g/mol. The van der Waals surface area contributed by atoms with E-state index in [0.717, 1.165) is 18.2 Å². The predicted octanol–water partition coefficient (Wildman–Crippen LogP) is 5.85. The smallest absolute Gasteiger partial charge is 0.416 e. The molecule has 0 aliphatic carbocycles. The van der Waals surface area contributed by atoms with Crippen LogP contribution >= 0.6 is 11.6 Å². The summed E-state index contributed by atoms with van der Waals surface area (Å²) in [5, 5.41) is -0.160. The third kappa shape index (κ3) is 3.67. The number of alkyl halides is 3. The molecule has 0 heterocycles. The lowest BCUT2D eigenvalue weighted by atomic mass is 10.1. The van der Waals surface area contributed by atoms with Crippen LogP contribution in [-0.4, -0.2) is 0 Å². The molecule has 0 N–H and O–H groups in total. The Labute approximate surface area is 124 Å². The van der Waals surface area contributed by atoms with Crippen LogP contribution < -0.4 is 4.74 Å². The van der Waals surface area contributed by atoms with E-state index in [2.05, 4.69) is 0 Å². The Kier molecular flexibility index (Phi) is 4.42. The van der Waals surface area contributed by atoms with E-state index in [1.54, 1.807) is 6.92 Å². The van der Waals surface area contributed by atoms with Crippen molar-refractivity contribution >= 4 is 11.6 Å². The van der Waals surface area contributed by atoms with Gasteiger partial charge in [0, 0.05) is 0 Å². The Hall–Kier alpha value is -1.75. The molecule has 0 aliphatic rings. The fourth-order valence-corrected chi connectivity index (χ4v) is 1.99. The average molecular weight is 319 g/mol. The Balaban J connectivity index is 2.28. The molecule has 0 aliphatic heterocycles. The molecule has 0 bridgehead atoms. The summed E-state index contributed by atoms with van der Waals surface area (Å²) >= 11 is 5.79. The van der Waals surface area contributed by atoms with E-state index in [0.29, 0.717) is 17.7 Å². The molecule has 2 rings (SSSR count). The van der Waals surface area contributed by atoms with Crippen LogP contribution in [0.4, 0.5) is 17.6 Å². The maximum absolute atomic E-state index is 13.4. The van der Waals surface area contributed by atoms with Gasteiger partial charge in [0.15, 0.2) is 0 Å². The zero-order valence-electron chi connectivity index (χ0n) is 11.0. The molecule has 0 aromatic heterocycles. The van der Waals surface area contributed by atoms with E-state index in [9.17, 15) is 17.6 Å². The molecule has 2 aromatic rings. The summed E-state index contributed by atoms with van der Waals surface area (Å²) < 4.78 is 56.4. The second-order valence-corrected chi connectivity index (χ2v) is 4.76. The minimum Gasteiger partial charge on any atom is -0.456 e. The van der Waals surface area contributed by atoms with Gasteiger partial charge in [-0.05, 0) is 48.4 Å². The highest BCUT2D eigenvalue weighted by Crippen LogP contribution is 2.36. The van der Waals surface area contributed by atoms with Gasteiger partial charge in [-0.3, -0.25) is 0 Å². The van der Waals surface area contributed by atoms with Crippen LogP contribution in [0.1, 0.15) is 18.1 Å². The van der Waals surface area contributed by atoms with Crippen molar-refractivity contribution in [2.75, 3.05) is 0 Å². The zero-order valence-corrected chi connectivity index (χ0v) is 11.7. The van der Waals surface area contributed by atoms with Gasteiger partial charge in [-0.15, -0.1) is 0 Å². The first-order valence-electron chi connectivity index (χ1n) is 6.14. The highest BCUT2D eigenvalue weighted by atomic mass is 35.5. The molecule has 0 fully saturated rings. The molecule has 0 radical (unpaired) electrons. The van der Waals surface area contributed by atoms with Crippen LogP contribution in [0.2, 0.25) is 5.02 Å². The molecule has 21 heavy (non-hydrogen) atoms. The average Bonchev–Trinajstić information content (AvgIpc) is 2.42. The molecule has 0 saturated heterocycles. The molecule has 0 spiro atoms. The number of halogens is 5. The van der Waals surface area contributed by atoms with Crippen molar-refractivity contribution in [1.82, 2.24) is 0 Å². The summed E-state index contributed by atoms with van der Waals surface area (Å²) in [5.41, 5.74) is -0.399. The first kappa shape index (κ1) is 15.6. The zero-order chi connectivity index (χ0) is 15.6. The largest absolute Gasteiger partial charge is 0.456 e. The lowest BCUT2D eigenvalue weighted by molar-refractivity contribution is -0.137. The number of benzene rings is 2. The number of hydrogen-bond donors (Lipinski definition) is 0. The minimum atomic E-state index is -4.46. The van der Waals surface area contributed by atoms with Gasteiger partial charge in [-0.2, -0.15) is 13.2 Å². The van der Waals surface area contributed by atoms with Crippen molar-refractivity contribution in [3.63, 3.8) is 0 Å². The number of rotatable bonds is 3. The highest BCUT2D eigenvalue weighted by Gasteiger charge is 2.31. The second kappa shape index (κ2) is 5.93. The van der Waals surface area contributed by atoms with Crippen molar-refractivity contribution in [3.8, 4) is 11.5 Å². The summed E-state index contributed by atoms with van der Waals surface area (Å²) in [6.07, 6.45) is -3.99. The molecule has 6 heteroatoms. The van der Waals surface area contributed by atoms with Crippen LogP contribution in [-0.2, 0) is 12.6 Å². The van der Waals surface area contributed by atoms with E-state index in [-0.39, 0.29) is 16.6 Å². The van der Waals surface area contributed by atoms with Gasteiger partial charge in [-0.25, -0.2) is 4.39 Å². The van der Waals surface area contributed by atoms with Crippen molar-refractivity contribution in [1.29, 1.82) is 0 Å². The summed E-state index contributed by atoms with van der Waals surface area (Å²) in [7, 11) is 0. The molecule has 0 saturated carbocycles. The van der Waals surface area contributed by atoms with Gasteiger partial charge in [0.2, 0.25) is 0 Å². The quantitative estimate of drug-likeness (QED) is 0.645. The first-order valence-corrected chi connectivity index (χ1v) is 6.52. The molecule has 1 nitrogen and oxygen atoms in total. The van der Waals surface area contributed by atoms with Crippen molar-refractivity contribution < 1.29 is 22.3 Å². The van der Waals surface area contributed by atoms with Gasteiger partial charge in [0.1, 0.15) is 17.3 Å². The van der Waals surface area contributed by atoms with Crippen LogP contribution in [0.5, 0.6) is 11.5 Å². The van der Waals surface area contributed by atoms with Crippen LogP contribution in [0.3, 0.4) is 0 Å². The fourth-order valence-electron chi connectivity index (χ4n) is 1.77. The Morgan fingerprint density at radius 1 is 1.10 bits per heavy atom. The molecule has 0 atom stereocenters. The molecule has 112 valence electrons. The van der Waals surface area contributed by atoms with Crippen molar-refractivity contribution in [2.45, 2.75) is 19.5 Å². The topological polar surface area (TPSA) is 9.23 Å². The highest BCUT2D eigenvalue weighted by molar-refractivity contribution is 6.32. The molecule has 0 amide bonds. The lowest BCUT2D eigenvalue weighted by Crippen LogP contribution is -2.04. The second-order valence-electron chi connectivity index (χ2n) is 4.35. The summed E-state index contributed by atoms with van der Waals surface area (Å²) in [6, 6.07) is 6.94. The standard InChI is InChI=1S/C15H11ClF4O/c1-2-9-7-11(4-5-13(9)17)21-14-6-3-10(8-12(14)16)15(18,19)20/h3-8H,2H2,1H3. The van der Waals surface area contributed by atoms with Gasteiger partial charge < -0.3 is 4.74 Å². The number of hydrogen-bond acceptors (Lipinski definition) is 1. The maximum Gasteiger partial charge on any atom is 0.416 e. The Morgan fingerprint density at radius 2 is 1.81 bits per heavy atom. The first-order chi connectivity index (χ1) is 9.81. The third-order valence-electron chi connectivity index (χ3n) is 2.89. The summed E-state index contributed by atoms with van der Waals surface area (Å²) in [5.74, 6) is 0.0385. The normalized spacial score (nSPS) is 11.5. The van der Waals surface area contributed by atoms with Gasteiger partial charge >= 0.3 is 6.18 Å². The van der Waals surface area contributed by atoms with Crippen LogP contribution in [0.25, 0.3) is 0 Å². The van der Waals surface area contributed by atoms with E-state index >= 15 is 0 Å². The summed E-state index contributed by atoms with van der Waals surface area (Å²) in [6.45, 7) is 1.79. The SMILES string of the molecule is CCc1cc(Oc2ccc(C(F)(F)F)cc2Cl)ccc1F. The summed E-state index contributed by atoms with van der Waals surface area (Å²) in [4.78, 5) is 0. The predicted molar refractivity (Wildman–Crippen MR) is 72.3 cm³/mol. The Bertz CT molecular complexity index is 653. The Morgan fingerprint density at radius 3 is 2.38 bits per heavy atom. The number of aryl methyl sites for hydroxylation is 1. The van der Waals surface area contributed by atoms with E-state index in [4.69, 9.17) is 16.3 Å². The number of ether oxygens (including phenoxy) is 1.